The molecule has 1 heterocycles. The van der Waals surface area contributed by atoms with Gasteiger partial charge in [-0.15, -0.1) is 17.9 Å². The van der Waals surface area contributed by atoms with Crippen LogP contribution in [0.3, 0.4) is 0 Å². The second-order valence-electron chi connectivity index (χ2n) is 2.92. The molecule has 0 aliphatic heterocycles. The van der Waals surface area contributed by atoms with Crippen molar-refractivity contribution in [1.29, 1.82) is 5.26 Å². The number of rotatable bonds is 5. The molecule has 3 heteroatoms. The maximum absolute atomic E-state index is 8.95. The van der Waals surface area contributed by atoms with Crippen molar-refractivity contribution in [1.82, 2.24) is 5.32 Å². The highest BCUT2D eigenvalue weighted by Crippen LogP contribution is 2.23. The molecule has 0 spiro atoms. The normalized spacial score (nSPS) is 12.0. The first kappa shape index (κ1) is 11.0. The van der Waals surface area contributed by atoms with Crippen LogP contribution in [0.5, 0.6) is 0 Å². The Kier molecular flexibility index (Phi) is 4.37. The maximum atomic E-state index is 8.95. The molecule has 74 valence electrons. The predicted octanol–water partition coefficient (Wildman–Crippen LogP) is 2.65. The number of nitrogens with zero attached hydrogens (tertiary/aromatic N) is 1. The third kappa shape index (κ3) is 2.69. The van der Waals surface area contributed by atoms with Crippen LogP contribution in [0.1, 0.15) is 22.7 Å². The molecule has 0 aromatic carbocycles. The maximum Gasteiger partial charge on any atom is 0.130 e. The lowest BCUT2D eigenvalue weighted by atomic mass is 10.2. The van der Waals surface area contributed by atoms with E-state index in [2.05, 4.69) is 31.0 Å². The first-order valence-corrected chi connectivity index (χ1v) is 5.46. The average Bonchev–Trinajstić information content (AvgIpc) is 2.68. The Morgan fingerprint density at radius 3 is 3.00 bits per heavy atom. The highest BCUT2D eigenvalue weighted by molar-refractivity contribution is 7.12. The minimum Gasteiger partial charge on any atom is -0.294 e. The molecular weight excluding hydrogens is 192 g/mol. The number of hydrogen-bond acceptors (Lipinski definition) is 3. The first-order chi connectivity index (χ1) is 6.81. The summed E-state index contributed by atoms with van der Waals surface area (Å²) in [5.74, 6) is 0. The number of thiophene rings is 1. The van der Waals surface area contributed by atoms with E-state index in [9.17, 15) is 0 Å². The van der Waals surface area contributed by atoms with Crippen LogP contribution in [0.4, 0.5) is 0 Å². The summed E-state index contributed by atoms with van der Waals surface area (Å²) in [6, 6.07) is 6.15. The van der Waals surface area contributed by atoms with Crippen molar-refractivity contribution in [3.63, 3.8) is 0 Å². The standard InChI is InChI=1S/C11H14N2S/c1-3-7-13-10(8-12)11-6-5-9(4-2)14-11/h3,5-6,10,13H,1,4,7H2,2H3. The molecule has 0 aliphatic rings. The van der Waals surface area contributed by atoms with Crippen LogP contribution >= 0.6 is 11.3 Å². The van der Waals surface area contributed by atoms with Crippen molar-refractivity contribution in [3.8, 4) is 6.07 Å². The monoisotopic (exact) mass is 206 g/mol. The second-order valence-corrected chi connectivity index (χ2v) is 4.12. The van der Waals surface area contributed by atoms with Gasteiger partial charge in [-0.1, -0.05) is 13.0 Å². The Morgan fingerprint density at radius 1 is 1.71 bits per heavy atom. The molecule has 0 bridgehead atoms. The topological polar surface area (TPSA) is 35.8 Å². The molecular formula is C11H14N2S. The van der Waals surface area contributed by atoms with Crippen LogP contribution < -0.4 is 5.32 Å². The fourth-order valence-electron chi connectivity index (χ4n) is 1.15. The minimum atomic E-state index is -0.196. The molecule has 0 saturated heterocycles. The van der Waals surface area contributed by atoms with E-state index in [4.69, 9.17) is 5.26 Å². The zero-order valence-electron chi connectivity index (χ0n) is 8.29. The third-order valence-corrected chi connectivity index (χ3v) is 3.21. The summed E-state index contributed by atoms with van der Waals surface area (Å²) in [5, 5.41) is 12.1. The molecule has 0 saturated carbocycles. The highest BCUT2D eigenvalue weighted by Gasteiger charge is 2.10. The van der Waals surface area contributed by atoms with Crippen molar-refractivity contribution in [2.24, 2.45) is 0 Å². The largest absolute Gasteiger partial charge is 0.294 e. The zero-order valence-corrected chi connectivity index (χ0v) is 9.10. The molecule has 0 fully saturated rings. The first-order valence-electron chi connectivity index (χ1n) is 4.64. The minimum absolute atomic E-state index is 0.196. The molecule has 1 N–H and O–H groups in total. The highest BCUT2D eigenvalue weighted by atomic mass is 32.1. The van der Waals surface area contributed by atoms with E-state index >= 15 is 0 Å². The van der Waals surface area contributed by atoms with Gasteiger partial charge in [0.1, 0.15) is 6.04 Å². The average molecular weight is 206 g/mol. The van der Waals surface area contributed by atoms with Gasteiger partial charge in [-0.3, -0.25) is 5.32 Å². The third-order valence-electron chi connectivity index (χ3n) is 1.91. The molecule has 14 heavy (non-hydrogen) atoms. The lowest BCUT2D eigenvalue weighted by Gasteiger charge is -2.06. The summed E-state index contributed by atoms with van der Waals surface area (Å²) in [5.41, 5.74) is 0. The van der Waals surface area contributed by atoms with Gasteiger partial charge >= 0.3 is 0 Å². The van der Waals surface area contributed by atoms with Crippen molar-refractivity contribution < 1.29 is 0 Å². The molecule has 0 radical (unpaired) electrons. The van der Waals surface area contributed by atoms with Gasteiger partial charge in [0, 0.05) is 16.3 Å². The lowest BCUT2D eigenvalue weighted by Crippen LogP contribution is -2.18. The molecule has 1 unspecified atom stereocenters. The molecule has 0 amide bonds. The fraction of sp³-hybridized carbons (Fsp3) is 0.364. The molecule has 0 aliphatic carbocycles. The van der Waals surface area contributed by atoms with E-state index in [0.29, 0.717) is 6.54 Å². The number of hydrogen-bond donors (Lipinski definition) is 1. The fourth-order valence-corrected chi connectivity index (χ4v) is 2.12. The Bertz CT molecular complexity index is 335. The van der Waals surface area contributed by atoms with Gasteiger partial charge in [-0.2, -0.15) is 5.26 Å². The molecule has 1 rings (SSSR count). The van der Waals surface area contributed by atoms with E-state index in [0.717, 1.165) is 11.3 Å². The van der Waals surface area contributed by atoms with Crippen molar-refractivity contribution in [2.45, 2.75) is 19.4 Å². The number of aryl methyl sites for hydroxylation is 1. The lowest BCUT2D eigenvalue weighted by molar-refractivity contribution is 0.694. The number of nitriles is 1. The Morgan fingerprint density at radius 2 is 2.50 bits per heavy atom. The second kappa shape index (κ2) is 5.58. The summed E-state index contributed by atoms with van der Waals surface area (Å²) >= 11 is 1.70. The van der Waals surface area contributed by atoms with Crippen LogP contribution in [0.25, 0.3) is 0 Å². The predicted molar refractivity (Wildman–Crippen MR) is 60.3 cm³/mol. The summed E-state index contributed by atoms with van der Waals surface area (Å²) in [6.07, 6.45) is 2.79. The Hall–Kier alpha value is -1.11. The van der Waals surface area contributed by atoms with E-state index in [1.807, 2.05) is 6.07 Å². The molecule has 1 atom stereocenters. The van der Waals surface area contributed by atoms with Crippen molar-refractivity contribution >= 4 is 11.3 Å². The van der Waals surface area contributed by atoms with Crippen molar-refractivity contribution in [2.75, 3.05) is 6.54 Å². The van der Waals surface area contributed by atoms with E-state index < -0.39 is 0 Å². The summed E-state index contributed by atoms with van der Waals surface area (Å²) < 4.78 is 0. The molecule has 2 nitrogen and oxygen atoms in total. The van der Waals surface area contributed by atoms with Gasteiger partial charge in [-0.25, -0.2) is 0 Å². The van der Waals surface area contributed by atoms with Gasteiger partial charge < -0.3 is 0 Å². The quantitative estimate of drug-likeness (QED) is 0.752. The Labute approximate surface area is 88.9 Å². The summed E-state index contributed by atoms with van der Waals surface area (Å²) in [6.45, 7) is 6.40. The molecule has 1 aromatic heterocycles. The van der Waals surface area contributed by atoms with Gasteiger partial charge in [-0.05, 0) is 18.6 Å². The Balaban J connectivity index is 2.69. The number of nitrogens with one attached hydrogen (secondary N) is 1. The van der Waals surface area contributed by atoms with Crippen molar-refractivity contribution in [3.05, 3.63) is 34.5 Å². The van der Waals surface area contributed by atoms with Crippen LogP contribution in [-0.2, 0) is 6.42 Å². The summed E-state index contributed by atoms with van der Waals surface area (Å²) in [4.78, 5) is 2.41. The molecule has 1 aromatic rings. The van der Waals surface area contributed by atoms with Gasteiger partial charge in [0.2, 0.25) is 0 Å². The SMILES string of the molecule is C=CCNC(C#N)c1ccc(CC)s1. The van der Waals surface area contributed by atoms with Crippen LogP contribution in [0.15, 0.2) is 24.8 Å². The van der Waals surface area contributed by atoms with Crippen LogP contribution in [0, 0.1) is 11.3 Å². The van der Waals surface area contributed by atoms with Gasteiger partial charge in [0.05, 0.1) is 6.07 Å². The van der Waals surface area contributed by atoms with E-state index in [-0.39, 0.29) is 6.04 Å². The van der Waals surface area contributed by atoms with Gasteiger partial charge in [0.25, 0.3) is 0 Å². The summed E-state index contributed by atoms with van der Waals surface area (Å²) in [7, 11) is 0. The van der Waals surface area contributed by atoms with Crippen LogP contribution in [-0.4, -0.2) is 6.54 Å². The van der Waals surface area contributed by atoms with Gasteiger partial charge in [0.15, 0.2) is 0 Å². The zero-order chi connectivity index (χ0) is 10.4. The van der Waals surface area contributed by atoms with E-state index in [1.165, 1.54) is 4.88 Å². The van der Waals surface area contributed by atoms with Crippen LogP contribution in [0.2, 0.25) is 0 Å². The van der Waals surface area contributed by atoms with E-state index in [1.54, 1.807) is 17.4 Å². The smallest absolute Gasteiger partial charge is 0.130 e.